The first-order valence-electron chi connectivity index (χ1n) is 9.55. The highest BCUT2D eigenvalue weighted by atomic mass is 35.5. The van der Waals surface area contributed by atoms with Crippen LogP contribution in [0.5, 0.6) is 0 Å². The molecule has 0 aliphatic rings. The predicted octanol–water partition coefficient (Wildman–Crippen LogP) is 2.71. The molecule has 8 nitrogen and oxygen atoms in total. The molecule has 0 saturated carbocycles. The Morgan fingerprint density at radius 3 is 2.72 bits per heavy atom. The van der Waals surface area contributed by atoms with Crippen molar-refractivity contribution in [2.45, 2.75) is 39.8 Å². The number of pyridine rings is 1. The van der Waals surface area contributed by atoms with Crippen LogP contribution in [0.25, 0.3) is 21.9 Å². The number of carbonyl (C=O) groups excluding carboxylic acids is 2. The predicted molar refractivity (Wildman–Crippen MR) is 115 cm³/mol. The van der Waals surface area contributed by atoms with Crippen LogP contribution in [-0.4, -0.2) is 44.8 Å². The second-order valence-corrected chi connectivity index (χ2v) is 7.28. The molecule has 9 heteroatoms. The maximum atomic E-state index is 11.9. The lowest BCUT2D eigenvalue weighted by molar-refractivity contribution is -0.129. The Kier molecular flexibility index (Phi) is 6.22. The summed E-state index contributed by atoms with van der Waals surface area (Å²) in [5.41, 5.74) is 8.32. The van der Waals surface area contributed by atoms with Gasteiger partial charge in [0.05, 0.1) is 17.6 Å². The number of anilines is 1. The molecule has 0 unspecified atom stereocenters. The van der Waals surface area contributed by atoms with Gasteiger partial charge < -0.3 is 20.5 Å². The molecule has 2 amide bonds. The van der Waals surface area contributed by atoms with Crippen molar-refractivity contribution in [3.8, 4) is 0 Å². The number of nitrogens with two attached hydrogens (primary N) is 1. The van der Waals surface area contributed by atoms with Crippen molar-refractivity contribution < 1.29 is 9.59 Å². The molecule has 0 aliphatic carbocycles. The van der Waals surface area contributed by atoms with Crippen LogP contribution in [0.2, 0.25) is 5.02 Å². The second kappa shape index (κ2) is 8.65. The summed E-state index contributed by atoms with van der Waals surface area (Å²) < 4.78 is 2.04. The van der Waals surface area contributed by atoms with E-state index in [-0.39, 0.29) is 11.8 Å². The fraction of sp³-hybridized carbons (Fsp3) is 0.400. The minimum atomic E-state index is -0.0285. The summed E-state index contributed by atoms with van der Waals surface area (Å²) in [5.74, 6) is 0.976. The van der Waals surface area contributed by atoms with Crippen LogP contribution < -0.4 is 11.1 Å². The van der Waals surface area contributed by atoms with Crippen LogP contribution in [0.4, 0.5) is 5.82 Å². The molecule has 29 heavy (non-hydrogen) atoms. The first-order chi connectivity index (χ1) is 13.8. The topological polar surface area (TPSA) is 106 Å². The monoisotopic (exact) mass is 416 g/mol. The standard InChI is InChI=1S/C20H25ClN6O2/c1-4-26(12(2)28)11-16-25-18-19(27(16)9-5-6-17(29)23-3)14-8-7-13(21)10-15(14)24-20(18)22/h7-8,10H,4-6,9,11H2,1-3H3,(H2,22,24)(H,23,29). The van der Waals surface area contributed by atoms with Crippen LogP contribution in [0.1, 0.15) is 32.5 Å². The molecule has 0 spiro atoms. The molecule has 1 aromatic carbocycles. The molecule has 0 fully saturated rings. The van der Waals surface area contributed by atoms with Crippen LogP contribution in [0.3, 0.4) is 0 Å². The van der Waals surface area contributed by atoms with Gasteiger partial charge in [-0.15, -0.1) is 0 Å². The van der Waals surface area contributed by atoms with Gasteiger partial charge in [-0.05, 0) is 31.5 Å². The smallest absolute Gasteiger partial charge is 0.219 e. The van der Waals surface area contributed by atoms with Gasteiger partial charge in [0.25, 0.3) is 0 Å². The van der Waals surface area contributed by atoms with Gasteiger partial charge in [-0.1, -0.05) is 11.6 Å². The third kappa shape index (κ3) is 4.27. The molecule has 0 aliphatic heterocycles. The summed E-state index contributed by atoms with van der Waals surface area (Å²) in [6.45, 7) is 4.95. The van der Waals surface area contributed by atoms with Gasteiger partial charge in [0.1, 0.15) is 11.3 Å². The SMILES string of the molecule is CCN(Cc1nc2c(N)nc3cc(Cl)ccc3c2n1CCCC(=O)NC)C(C)=O. The Labute approximate surface area is 174 Å². The number of aryl methyl sites for hydroxylation is 1. The van der Waals surface area contributed by atoms with Crippen molar-refractivity contribution in [2.24, 2.45) is 0 Å². The molecule has 0 bridgehead atoms. The fourth-order valence-electron chi connectivity index (χ4n) is 3.43. The zero-order valence-corrected chi connectivity index (χ0v) is 17.6. The molecule has 3 aromatic rings. The molecular weight excluding hydrogens is 392 g/mol. The number of aromatic nitrogens is 3. The highest BCUT2D eigenvalue weighted by Crippen LogP contribution is 2.31. The van der Waals surface area contributed by atoms with E-state index in [4.69, 9.17) is 22.3 Å². The van der Waals surface area contributed by atoms with Gasteiger partial charge in [0.2, 0.25) is 11.8 Å². The Hall–Kier alpha value is -2.87. The summed E-state index contributed by atoms with van der Waals surface area (Å²) in [7, 11) is 1.62. The third-order valence-corrected chi connectivity index (χ3v) is 5.20. The first-order valence-corrected chi connectivity index (χ1v) is 9.93. The van der Waals surface area contributed by atoms with Crippen molar-refractivity contribution in [1.82, 2.24) is 24.8 Å². The molecular formula is C20H25ClN6O2. The van der Waals surface area contributed by atoms with Crippen molar-refractivity contribution in [3.05, 3.63) is 29.0 Å². The maximum absolute atomic E-state index is 11.9. The van der Waals surface area contributed by atoms with E-state index < -0.39 is 0 Å². The molecule has 0 radical (unpaired) electrons. The van der Waals surface area contributed by atoms with Crippen molar-refractivity contribution in [1.29, 1.82) is 0 Å². The number of amides is 2. The zero-order chi connectivity index (χ0) is 21.1. The van der Waals surface area contributed by atoms with Crippen molar-refractivity contribution in [3.63, 3.8) is 0 Å². The highest BCUT2D eigenvalue weighted by molar-refractivity contribution is 6.31. The largest absolute Gasteiger partial charge is 0.382 e. The Morgan fingerprint density at radius 2 is 2.07 bits per heavy atom. The van der Waals surface area contributed by atoms with Crippen LogP contribution >= 0.6 is 11.6 Å². The number of hydrogen-bond donors (Lipinski definition) is 2. The number of halogens is 1. The third-order valence-electron chi connectivity index (χ3n) is 4.97. The summed E-state index contributed by atoms with van der Waals surface area (Å²) in [6.07, 6.45) is 1.02. The van der Waals surface area contributed by atoms with Crippen molar-refractivity contribution in [2.75, 3.05) is 19.3 Å². The number of fused-ring (bicyclic) bond motifs is 3. The van der Waals surface area contributed by atoms with E-state index in [9.17, 15) is 9.59 Å². The van der Waals surface area contributed by atoms with Gasteiger partial charge in [-0.2, -0.15) is 0 Å². The number of carbonyl (C=O) groups is 2. The van der Waals surface area contributed by atoms with Crippen molar-refractivity contribution >= 4 is 51.2 Å². The lowest BCUT2D eigenvalue weighted by Gasteiger charge is -2.19. The van der Waals surface area contributed by atoms with Gasteiger partial charge in [-0.3, -0.25) is 9.59 Å². The van der Waals surface area contributed by atoms with Crippen LogP contribution in [0, 0.1) is 0 Å². The average Bonchev–Trinajstić information content (AvgIpc) is 3.04. The van der Waals surface area contributed by atoms with Gasteiger partial charge in [-0.25, -0.2) is 9.97 Å². The molecule has 154 valence electrons. The second-order valence-electron chi connectivity index (χ2n) is 6.85. The number of rotatable bonds is 7. The summed E-state index contributed by atoms with van der Waals surface area (Å²) in [5, 5.41) is 4.09. The Bertz CT molecular complexity index is 1080. The lowest BCUT2D eigenvalue weighted by Crippen LogP contribution is -2.29. The fourth-order valence-corrected chi connectivity index (χ4v) is 3.60. The quantitative estimate of drug-likeness (QED) is 0.615. The van der Waals surface area contributed by atoms with E-state index in [0.717, 1.165) is 10.9 Å². The van der Waals surface area contributed by atoms with E-state index >= 15 is 0 Å². The Balaban J connectivity index is 2.16. The highest BCUT2D eigenvalue weighted by Gasteiger charge is 2.20. The zero-order valence-electron chi connectivity index (χ0n) is 16.8. The number of imidazole rings is 1. The minimum Gasteiger partial charge on any atom is -0.382 e. The van der Waals surface area contributed by atoms with Gasteiger partial charge in [0, 0.05) is 43.9 Å². The normalized spacial score (nSPS) is 11.2. The van der Waals surface area contributed by atoms with Crippen LogP contribution in [0.15, 0.2) is 18.2 Å². The number of benzene rings is 1. The lowest BCUT2D eigenvalue weighted by atomic mass is 10.2. The summed E-state index contributed by atoms with van der Waals surface area (Å²) in [6, 6.07) is 5.47. The Morgan fingerprint density at radius 1 is 1.31 bits per heavy atom. The van der Waals surface area contributed by atoms with Crippen LogP contribution in [-0.2, 0) is 22.7 Å². The van der Waals surface area contributed by atoms with Gasteiger partial charge in [0.15, 0.2) is 5.82 Å². The summed E-state index contributed by atoms with van der Waals surface area (Å²) in [4.78, 5) is 34.5. The van der Waals surface area contributed by atoms with E-state index in [1.165, 1.54) is 6.92 Å². The number of nitrogen functional groups attached to an aromatic ring is 1. The minimum absolute atomic E-state index is 0.0206. The molecule has 2 aromatic heterocycles. The van der Waals surface area contributed by atoms with E-state index in [1.54, 1.807) is 24.1 Å². The molecule has 0 saturated heterocycles. The van der Waals surface area contributed by atoms with E-state index in [1.807, 2.05) is 17.6 Å². The van der Waals surface area contributed by atoms with Gasteiger partial charge >= 0.3 is 0 Å². The maximum Gasteiger partial charge on any atom is 0.219 e. The average molecular weight is 417 g/mol. The molecule has 2 heterocycles. The van der Waals surface area contributed by atoms with E-state index in [2.05, 4.69) is 10.3 Å². The summed E-state index contributed by atoms with van der Waals surface area (Å²) >= 11 is 6.13. The number of nitrogens with zero attached hydrogens (tertiary/aromatic N) is 4. The first kappa shape index (κ1) is 20.9. The molecule has 3 N–H and O–H groups in total. The van der Waals surface area contributed by atoms with E-state index in [0.29, 0.717) is 60.2 Å². The number of hydrogen-bond acceptors (Lipinski definition) is 5. The molecule has 0 atom stereocenters. The molecule has 3 rings (SSSR count). The number of nitrogens with one attached hydrogen (secondary N) is 1.